The first kappa shape index (κ1) is 11.4. The van der Waals surface area contributed by atoms with E-state index in [1.54, 1.807) is 0 Å². The molecule has 0 aromatic carbocycles. The van der Waals surface area contributed by atoms with Gasteiger partial charge < -0.3 is 9.64 Å². The maximum Gasteiger partial charge on any atom is 0.243 e. The fourth-order valence-corrected chi connectivity index (χ4v) is 2.26. The van der Waals surface area contributed by atoms with Crippen LogP contribution in [0.25, 0.3) is 0 Å². The van der Waals surface area contributed by atoms with E-state index in [0.29, 0.717) is 6.10 Å². The minimum Gasteiger partial charge on any atom is -0.378 e. The SMILES string of the molecule is CCOC1CCN(C(=O)C2(C#N)CC2)CC1. The van der Waals surface area contributed by atoms with E-state index in [2.05, 4.69) is 6.07 Å². The van der Waals surface area contributed by atoms with Crippen LogP contribution < -0.4 is 0 Å². The number of piperidine rings is 1. The summed E-state index contributed by atoms with van der Waals surface area (Å²) in [5, 5.41) is 8.97. The largest absolute Gasteiger partial charge is 0.378 e. The molecule has 1 saturated carbocycles. The molecule has 16 heavy (non-hydrogen) atoms. The molecule has 4 nitrogen and oxygen atoms in total. The van der Waals surface area contributed by atoms with Gasteiger partial charge >= 0.3 is 0 Å². The summed E-state index contributed by atoms with van der Waals surface area (Å²) < 4.78 is 5.54. The fourth-order valence-electron chi connectivity index (χ4n) is 2.26. The van der Waals surface area contributed by atoms with Crippen molar-refractivity contribution in [3.8, 4) is 6.07 Å². The second-order valence-electron chi connectivity index (χ2n) is 4.64. The normalized spacial score (nSPS) is 23.9. The Balaban J connectivity index is 1.85. The first-order valence-corrected chi connectivity index (χ1v) is 6.04. The minimum atomic E-state index is -0.654. The van der Waals surface area contributed by atoms with Gasteiger partial charge in [-0.1, -0.05) is 0 Å². The number of amides is 1. The highest BCUT2D eigenvalue weighted by Crippen LogP contribution is 2.46. The van der Waals surface area contributed by atoms with Crippen LogP contribution in [0.4, 0.5) is 0 Å². The number of likely N-dealkylation sites (tertiary alicyclic amines) is 1. The number of hydrogen-bond donors (Lipinski definition) is 0. The summed E-state index contributed by atoms with van der Waals surface area (Å²) in [7, 11) is 0. The van der Waals surface area contributed by atoms with Crippen molar-refractivity contribution in [1.29, 1.82) is 5.26 Å². The van der Waals surface area contributed by atoms with E-state index in [0.717, 1.165) is 45.4 Å². The Kier molecular flexibility index (Phi) is 3.15. The van der Waals surface area contributed by atoms with Crippen LogP contribution in [0.3, 0.4) is 0 Å². The van der Waals surface area contributed by atoms with E-state index in [1.165, 1.54) is 0 Å². The molecule has 1 aliphatic carbocycles. The highest BCUT2D eigenvalue weighted by atomic mass is 16.5. The number of nitriles is 1. The molecule has 0 radical (unpaired) electrons. The first-order chi connectivity index (χ1) is 7.72. The molecule has 2 fully saturated rings. The number of nitrogens with zero attached hydrogens (tertiary/aromatic N) is 2. The Morgan fingerprint density at radius 1 is 1.50 bits per heavy atom. The quantitative estimate of drug-likeness (QED) is 0.723. The molecule has 2 rings (SSSR count). The Labute approximate surface area is 96.2 Å². The average molecular weight is 222 g/mol. The molecular formula is C12H18N2O2. The lowest BCUT2D eigenvalue weighted by atomic mass is 10.0. The third kappa shape index (κ3) is 2.05. The first-order valence-electron chi connectivity index (χ1n) is 6.04. The summed E-state index contributed by atoms with van der Waals surface area (Å²) in [6.45, 7) is 4.22. The zero-order valence-electron chi connectivity index (χ0n) is 9.74. The number of rotatable bonds is 3. The summed E-state index contributed by atoms with van der Waals surface area (Å²) in [4.78, 5) is 13.9. The van der Waals surface area contributed by atoms with Crippen LogP contribution >= 0.6 is 0 Å². The molecule has 4 heteroatoms. The van der Waals surface area contributed by atoms with Gasteiger partial charge in [-0.2, -0.15) is 5.26 Å². The summed E-state index contributed by atoms with van der Waals surface area (Å²) in [5.74, 6) is 0.0462. The van der Waals surface area contributed by atoms with Gasteiger partial charge in [0.2, 0.25) is 5.91 Å². The maximum absolute atomic E-state index is 12.0. The van der Waals surface area contributed by atoms with Crippen molar-refractivity contribution < 1.29 is 9.53 Å². The zero-order chi connectivity index (χ0) is 11.6. The molecule has 0 spiro atoms. The van der Waals surface area contributed by atoms with Crippen molar-refractivity contribution in [2.45, 2.75) is 38.7 Å². The van der Waals surface area contributed by atoms with Crippen LogP contribution in [0.2, 0.25) is 0 Å². The van der Waals surface area contributed by atoms with Crippen molar-refractivity contribution in [2.75, 3.05) is 19.7 Å². The lowest BCUT2D eigenvalue weighted by molar-refractivity contribution is -0.137. The van der Waals surface area contributed by atoms with Gasteiger partial charge in [-0.25, -0.2) is 0 Å². The van der Waals surface area contributed by atoms with Crippen molar-refractivity contribution >= 4 is 5.91 Å². The van der Waals surface area contributed by atoms with E-state index in [-0.39, 0.29) is 5.91 Å². The van der Waals surface area contributed by atoms with E-state index in [9.17, 15) is 4.79 Å². The van der Waals surface area contributed by atoms with Crippen LogP contribution in [-0.2, 0) is 9.53 Å². The van der Waals surface area contributed by atoms with Crippen molar-refractivity contribution in [1.82, 2.24) is 4.90 Å². The van der Waals surface area contributed by atoms with Crippen molar-refractivity contribution in [3.63, 3.8) is 0 Å². The molecule has 1 heterocycles. The molecule has 88 valence electrons. The van der Waals surface area contributed by atoms with Crippen molar-refractivity contribution in [3.05, 3.63) is 0 Å². The zero-order valence-corrected chi connectivity index (χ0v) is 9.74. The highest BCUT2D eigenvalue weighted by Gasteiger charge is 2.52. The topological polar surface area (TPSA) is 53.3 Å². The highest BCUT2D eigenvalue weighted by molar-refractivity contribution is 5.88. The predicted octanol–water partition coefficient (Wildman–Crippen LogP) is 1.32. The molecule has 0 unspecified atom stereocenters. The maximum atomic E-state index is 12.0. The number of hydrogen-bond acceptors (Lipinski definition) is 3. The van der Waals surface area contributed by atoms with E-state index in [4.69, 9.17) is 10.00 Å². The van der Waals surface area contributed by atoms with Crippen LogP contribution in [0, 0.1) is 16.7 Å². The van der Waals surface area contributed by atoms with Gasteiger partial charge in [0.05, 0.1) is 12.2 Å². The van der Waals surface area contributed by atoms with Crippen LogP contribution in [-0.4, -0.2) is 36.6 Å². The lowest BCUT2D eigenvalue weighted by Gasteiger charge is -2.32. The monoisotopic (exact) mass is 222 g/mol. The Bertz CT molecular complexity index is 309. The van der Waals surface area contributed by atoms with Gasteiger partial charge in [0.25, 0.3) is 0 Å². The second-order valence-corrected chi connectivity index (χ2v) is 4.64. The van der Waals surface area contributed by atoms with Crippen LogP contribution in [0.5, 0.6) is 0 Å². The fraction of sp³-hybridized carbons (Fsp3) is 0.833. The third-order valence-electron chi connectivity index (χ3n) is 3.50. The second kappa shape index (κ2) is 4.42. The molecule has 0 aromatic rings. The number of carbonyl (C=O) groups is 1. The standard InChI is InChI=1S/C12H18N2O2/c1-2-16-10-3-7-14(8-4-10)11(15)12(9-13)5-6-12/h10H,2-8H2,1H3. The van der Waals surface area contributed by atoms with Crippen molar-refractivity contribution in [2.24, 2.45) is 5.41 Å². The van der Waals surface area contributed by atoms with Gasteiger partial charge in [0.1, 0.15) is 5.41 Å². The smallest absolute Gasteiger partial charge is 0.243 e. The van der Waals surface area contributed by atoms with E-state index >= 15 is 0 Å². The van der Waals surface area contributed by atoms with Gasteiger partial charge in [-0.3, -0.25) is 4.79 Å². The predicted molar refractivity (Wildman–Crippen MR) is 58.5 cm³/mol. The summed E-state index contributed by atoms with van der Waals surface area (Å²) >= 11 is 0. The molecule has 0 aromatic heterocycles. The number of carbonyl (C=O) groups excluding carboxylic acids is 1. The van der Waals surface area contributed by atoms with E-state index in [1.807, 2.05) is 11.8 Å². The lowest BCUT2D eigenvalue weighted by Crippen LogP contribution is -2.44. The van der Waals surface area contributed by atoms with Gasteiger partial charge in [0.15, 0.2) is 0 Å². The Hall–Kier alpha value is -1.08. The van der Waals surface area contributed by atoms with Gasteiger partial charge in [-0.05, 0) is 32.6 Å². The van der Waals surface area contributed by atoms with E-state index < -0.39 is 5.41 Å². The summed E-state index contributed by atoms with van der Waals surface area (Å²) in [6, 6.07) is 2.16. The third-order valence-corrected chi connectivity index (χ3v) is 3.50. The molecule has 0 N–H and O–H groups in total. The van der Waals surface area contributed by atoms with Gasteiger partial charge in [0, 0.05) is 19.7 Å². The number of ether oxygens (including phenoxy) is 1. The van der Waals surface area contributed by atoms with Gasteiger partial charge in [-0.15, -0.1) is 0 Å². The molecule has 0 atom stereocenters. The summed E-state index contributed by atoms with van der Waals surface area (Å²) in [5.41, 5.74) is -0.654. The Morgan fingerprint density at radius 2 is 2.12 bits per heavy atom. The van der Waals surface area contributed by atoms with Crippen LogP contribution in [0.15, 0.2) is 0 Å². The molecule has 1 aliphatic heterocycles. The molecule has 2 aliphatic rings. The molecular weight excluding hydrogens is 204 g/mol. The summed E-state index contributed by atoms with van der Waals surface area (Å²) in [6.07, 6.45) is 3.59. The Morgan fingerprint density at radius 3 is 2.56 bits per heavy atom. The average Bonchev–Trinajstić information content (AvgIpc) is 3.10. The molecule has 1 saturated heterocycles. The molecule has 1 amide bonds. The molecule has 0 bridgehead atoms. The minimum absolute atomic E-state index is 0.0462. The van der Waals surface area contributed by atoms with Crippen LogP contribution in [0.1, 0.15) is 32.6 Å².